The first kappa shape index (κ1) is 16.9. The molecule has 1 N–H and O–H groups in total. The molecule has 0 radical (unpaired) electrons. The van der Waals surface area contributed by atoms with E-state index in [1.807, 2.05) is 17.0 Å². The number of carbonyl (C=O) groups is 1. The molecule has 3 aromatic rings. The van der Waals surface area contributed by atoms with Crippen LogP contribution in [-0.2, 0) is 12.8 Å². The Hall–Kier alpha value is -2.55. The van der Waals surface area contributed by atoms with E-state index in [1.165, 1.54) is 33.3 Å². The standard InChI is InChI=1S/C23H26N2O/c1-15(2)17-5-7-18(8-6-17)23(26)25-12-10-19-20-14-16(3)4-9-21(20)24-22(19)11-13-25/h4-9,14-15,24H,10-13H2,1-3H3. The van der Waals surface area contributed by atoms with Crippen LogP contribution in [0, 0.1) is 6.92 Å². The summed E-state index contributed by atoms with van der Waals surface area (Å²) in [6, 6.07) is 14.7. The summed E-state index contributed by atoms with van der Waals surface area (Å²) in [5.74, 6) is 0.630. The minimum Gasteiger partial charge on any atom is -0.358 e. The molecule has 3 nitrogen and oxygen atoms in total. The molecule has 0 atom stereocenters. The Bertz CT molecular complexity index is 950. The average molecular weight is 346 g/mol. The summed E-state index contributed by atoms with van der Waals surface area (Å²) < 4.78 is 0. The van der Waals surface area contributed by atoms with Crippen molar-refractivity contribution < 1.29 is 4.79 Å². The molecule has 1 amide bonds. The van der Waals surface area contributed by atoms with Crippen LogP contribution in [0.4, 0.5) is 0 Å². The summed E-state index contributed by atoms with van der Waals surface area (Å²) in [5.41, 5.74) is 7.23. The van der Waals surface area contributed by atoms with Gasteiger partial charge in [0.05, 0.1) is 0 Å². The third-order valence-corrected chi connectivity index (χ3v) is 5.52. The normalized spacial score (nSPS) is 14.5. The number of fused-ring (bicyclic) bond motifs is 3. The van der Waals surface area contributed by atoms with E-state index in [9.17, 15) is 4.79 Å². The highest BCUT2D eigenvalue weighted by Gasteiger charge is 2.22. The van der Waals surface area contributed by atoms with Crippen LogP contribution >= 0.6 is 0 Å². The topological polar surface area (TPSA) is 36.1 Å². The number of aromatic nitrogens is 1. The molecule has 134 valence electrons. The van der Waals surface area contributed by atoms with E-state index in [0.717, 1.165) is 31.5 Å². The number of carbonyl (C=O) groups excluding carboxylic acids is 1. The lowest BCUT2D eigenvalue weighted by Gasteiger charge is -2.20. The maximum atomic E-state index is 12.9. The molecule has 0 bridgehead atoms. The maximum absolute atomic E-state index is 12.9. The second kappa shape index (κ2) is 6.64. The summed E-state index contributed by atoms with van der Waals surface area (Å²) in [7, 11) is 0. The highest BCUT2D eigenvalue weighted by molar-refractivity contribution is 5.94. The van der Waals surface area contributed by atoms with Gasteiger partial charge in [-0.25, -0.2) is 0 Å². The van der Waals surface area contributed by atoms with Crippen LogP contribution in [-0.4, -0.2) is 28.9 Å². The summed E-state index contributed by atoms with van der Waals surface area (Å²) in [6.45, 7) is 8.02. The summed E-state index contributed by atoms with van der Waals surface area (Å²) in [6.07, 6.45) is 1.80. The fourth-order valence-electron chi connectivity index (χ4n) is 3.92. The van der Waals surface area contributed by atoms with E-state index >= 15 is 0 Å². The Balaban J connectivity index is 1.55. The lowest BCUT2D eigenvalue weighted by molar-refractivity contribution is 0.0763. The Morgan fingerprint density at radius 1 is 1.04 bits per heavy atom. The number of nitrogens with one attached hydrogen (secondary N) is 1. The van der Waals surface area contributed by atoms with Gasteiger partial charge in [-0.3, -0.25) is 4.79 Å². The number of amides is 1. The quantitative estimate of drug-likeness (QED) is 0.708. The molecule has 2 heterocycles. The molecule has 0 unspecified atom stereocenters. The van der Waals surface area contributed by atoms with Gasteiger partial charge >= 0.3 is 0 Å². The SMILES string of the molecule is Cc1ccc2[nH]c3c(c2c1)CCN(C(=O)c1ccc(C(C)C)cc1)CC3. The molecular weight excluding hydrogens is 320 g/mol. The second-order valence-corrected chi connectivity index (χ2v) is 7.70. The first-order chi connectivity index (χ1) is 12.5. The van der Waals surface area contributed by atoms with E-state index in [4.69, 9.17) is 0 Å². The first-order valence-corrected chi connectivity index (χ1v) is 9.52. The van der Waals surface area contributed by atoms with Crippen molar-refractivity contribution in [1.82, 2.24) is 9.88 Å². The van der Waals surface area contributed by atoms with Crippen molar-refractivity contribution in [1.29, 1.82) is 0 Å². The lowest BCUT2D eigenvalue weighted by Crippen LogP contribution is -2.33. The lowest BCUT2D eigenvalue weighted by atomic mass is 10.0. The van der Waals surface area contributed by atoms with Gasteiger partial charge in [-0.1, -0.05) is 37.6 Å². The van der Waals surface area contributed by atoms with Crippen LogP contribution in [0.5, 0.6) is 0 Å². The molecule has 0 aliphatic carbocycles. The van der Waals surface area contributed by atoms with Gasteiger partial charge in [-0.05, 0) is 54.7 Å². The number of benzene rings is 2. The van der Waals surface area contributed by atoms with Crippen LogP contribution in [0.25, 0.3) is 10.9 Å². The van der Waals surface area contributed by atoms with Crippen LogP contribution in [0.15, 0.2) is 42.5 Å². The molecule has 26 heavy (non-hydrogen) atoms. The fourth-order valence-corrected chi connectivity index (χ4v) is 3.92. The van der Waals surface area contributed by atoms with Gasteiger partial charge in [-0.15, -0.1) is 0 Å². The van der Waals surface area contributed by atoms with E-state index in [-0.39, 0.29) is 5.91 Å². The number of aryl methyl sites for hydroxylation is 1. The van der Waals surface area contributed by atoms with Gasteiger partial charge in [0.15, 0.2) is 0 Å². The molecule has 4 rings (SSSR count). The Morgan fingerprint density at radius 2 is 1.77 bits per heavy atom. The van der Waals surface area contributed by atoms with Crippen molar-refractivity contribution in [3.8, 4) is 0 Å². The van der Waals surface area contributed by atoms with Crippen molar-refractivity contribution in [3.63, 3.8) is 0 Å². The van der Waals surface area contributed by atoms with Gasteiger partial charge in [0.2, 0.25) is 0 Å². The molecule has 0 saturated heterocycles. The summed E-state index contributed by atoms with van der Waals surface area (Å²) >= 11 is 0. The zero-order chi connectivity index (χ0) is 18.3. The molecular formula is C23H26N2O. The van der Waals surface area contributed by atoms with Crippen molar-refractivity contribution in [2.45, 2.75) is 39.5 Å². The number of aromatic amines is 1. The van der Waals surface area contributed by atoms with Crippen molar-refractivity contribution >= 4 is 16.8 Å². The number of H-pyrrole nitrogens is 1. The largest absolute Gasteiger partial charge is 0.358 e. The van der Waals surface area contributed by atoms with Crippen molar-refractivity contribution in [3.05, 3.63) is 70.4 Å². The molecule has 2 aromatic carbocycles. The van der Waals surface area contributed by atoms with Gasteiger partial charge in [0.25, 0.3) is 5.91 Å². The number of hydrogen-bond donors (Lipinski definition) is 1. The van der Waals surface area contributed by atoms with Gasteiger partial charge in [0, 0.05) is 41.7 Å². The van der Waals surface area contributed by atoms with Gasteiger partial charge in [-0.2, -0.15) is 0 Å². The number of hydrogen-bond acceptors (Lipinski definition) is 1. The fraction of sp³-hybridized carbons (Fsp3) is 0.348. The average Bonchev–Trinajstić information content (AvgIpc) is 2.84. The Morgan fingerprint density at radius 3 is 2.50 bits per heavy atom. The number of rotatable bonds is 2. The van der Waals surface area contributed by atoms with Gasteiger partial charge < -0.3 is 9.88 Å². The van der Waals surface area contributed by atoms with Gasteiger partial charge in [0.1, 0.15) is 0 Å². The third kappa shape index (κ3) is 3.03. The zero-order valence-corrected chi connectivity index (χ0v) is 15.8. The molecule has 1 aliphatic heterocycles. The molecule has 0 spiro atoms. The zero-order valence-electron chi connectivity index (χ0n) is 15.8. The van der Waals surface area contributed by atoms with Crippen LogP contribution in [0.2, 0.25) is 0 Å². The second-order valence-electron chi connectivity index (χ2n) is 7.70. The monoisotopic (exact) mass is 346 g/mol. The molecule has 1 aliphatic rings. The van der Waals surface area contributed by atoms with E-state index < -0.39 is 0 Å². The van der Waals surface area contributed by atoms with E-state index in [2.05, 4.69) is 56.1 Å². The van der Waals surface area contributed by atoms with Crippen LogP contribution < -0.4 is 0 Å². The first-order valence-electron chi connectivity index (χ1n) is 9.52. The van der Waals surface area contributed by atoms with Crippen LogP contribution in [0.1, 0.15) is 52.5 Å². The molecule has 3 heteroatoms. The summed E-state index contributed by atoms with van der Waals surface area (Å²) in [5, 5.41) is 1.32. The maximum Gasteiger partial charge on any atom is 0.253 e. The Kier molecular flexibility index (Phi) is 4.31. The minimum atomic E-state index is 0.144. The van der Waals surface area contributed by atoms with Crippen molar-refractivity contribution in [2.24, 2.45) is 0 Å². The predicted octanol–water partition coefficient (Wildman–Crippen LogP) is 4.84. The van der Waals surface area contributed by atoms with E-state index in [1.54, 1.807) is 0 Å². The minimum absolute atomic E-state index is 0.144. The Labute approximate surface area is 155 Å². The smallest absolute Gasteiger partial charge is 0.253 e. The third-order valence-electron chi connectivity index (χ3n) is 5.52. The predicted molar refractivity (Wildman–Crippen MR) is 107 cm³/mol. The highest BCUT2D eigenvalue weighted by Crippen LogP contribution is 2.27. The molecule has 1 aromatic heterocycles. The van der Waals surface area contributed by atoms with Crippen LogP contribution in [0.3, 0.4) is 0 Å². The molecule has 0 saturated carbocycles. The summed E-state index contributed by atoms with van der Waals surface area (Å²) in [4.78, 5) is 18.5. The van der Waals surface area contributed by atoms with E-state index in [0.29, 0.717) is 5.92 Å². The highest BCUT2D eigenvalue weighted by atomic mass is 16.2. The van der Waals surface area contributed by atoms with Crippen molar-refractivity contribution in [2.75, 3.05) is 13.1 Å². The molecule has 0 fully saturated rings. The number of nitrogens with zero attached hydrogens (tertiary/aromatic N) is 1.